The Kier molecular flexibility index (Phi) is 5.69. The topological polar surface area (TPSA) is 66.5 Å². The van der Waals surface area contributed by atoms with E-state index in [0.717, 1.165) is 44.6 Å². The molecule has 4 fully saturated rings. The van der Waals surface area contributed by atoms with Crippen LogP contribution in [0.25, 0.3) is 0 Å². The molecule has 0 aromatic carbocycles. The molecule has 0 spiro atoms. The average Bonchev–Trinajstić information content (AvgIpc) is 3.01. The van der Waals surface area contributed by atoms with E-state index in [2.05, 4.69) is 27.7 Å². The van der Waals surface area contributed by atoms with E-state index in [-0.39, 0.29) is 12.2 Å². The quantitative estimate of drug-likeness (QED) is 0.656. The molecule has 4 aliphatic carbocycles. The molecular formula is C25H45NO2. The first kappa shape index (κ1) is 21.1. The summed E-state index contributed by atoms with van der Waals surface area (Å²) in [7, 11) is 0. The van der Waals surface area contributed by atoms with Gasteiger partial charge in [-0.1, -0.05) is 34.1 Å². The smallest absolute Gasteiger partial charge is 0.0605 e. The third kappa shape index (κ3) is 2.94. The van der Waals surface area contributed by atoms with Gasteiger partial charge in [-0.3, -0.25) is 0 Å². The Morgan fingerprint density at radius 2 is 1.64 bits per heavy atom. The molecule has 4 N–H and O–H groups in total. The maximum absolute atomic E-state index is 11.7. The van der Waals surface area contributed by atoms with Gasteiger partial charge in [0.25, 0.3) is 0 Å². The van der Waals surface area contributed by atoms with E-state index >= 15 is 0 Å². The highest BCUT2D eigenvalue weighted by molar-refractivity contribution is 5.13. The number of nitrogens with two attached hydrogens (primary N) is 1. The molecule has 0 radical (unpaired) electrons. The van der Waals surface area contributed by atoms with Gasteiger partial charge >= 0.3 is 0 Å². The highest BCUT2D eigenvalue weighted by atomic mass is 16.3. The summed E-state index contributed by atoms with van der Waals surface area (Å²) >= 11 is 0. The summed E-state index contributed by atoms with van der Waals surface area (Å²) in [6.45, 7) is 10.6. The lowest BCUT2D eigenvalue weighted by atomic mass is 9.41. The molecule has 0 aromatic heterocycles. The second kappa shape index (κ2) is 7.54. The van der Waals surface area contributed by atoms with E-state index in [1.54, 1.807) is 0 Å². The molecule has 0 heterocycles. The average molecular weight is 392 g/mol. The van der Waals surface area contributed by atoms with E-state index < -0.39 is 0 Å². The zero-order valence-corrected chi connectivity index (χ0v) is 18.7. The van der Waals surface area contributed by atoms with Gasteiger partial charge in [-0.25, -0.2) is 0 Å². The molecule has 4 aliphatic rings. The Hall–Kier alpha value is -0.120. The number of hydrogen-bond acceptors (Lipinski definition) is 3. The van der Waals surface area contributed by atoms with Crippen molar-refractivity contribution in [2.45, 2.75) is 97.7 Å². The third-order valence-electron chi connectivity index (χ3n) is 10.8. The molecule has 4 saturated carbocycles. The highest BCUT2D eigenvalue weighted by Crippen LogP contribution is 2.69. The Labute approximate surface area is 172 Å². The van der Waals surface area contributed by atoms with Crippen LogP contribution < -0.4 is 5.73 Å². The molecule has 28 heavy (non-hydrogen) atoms. The molecule has 0 aliphatic heterocycles. The van der Waals surface area contributed by atoms with Gasteiger partial charge in [0.15, 0.2) is 0 Å². The minimum atomic E-state index is -0.174. The molecule has 162 valence electrons. The minimum absolute atomic E-state index is 0.155. The maximum Gasteiger partial charge on any atom is 0.0605 e. The molecule has 0 amide bonds. The summed E-state index contributed by atoms with van der Waals surface area (Å²) in [4.78, 5) is 0. The summed E-state index contributed by atoms with van der Waals surface area (Å²) in [5.74, 6) is 4.12. The van der Waals surface area contributed by atoms with Gasteiger partial charge in [0.05, 0.1) is 12.2 Å². The van der Waals surface area contributed by atoms with E-state index in [0.29, 0.717) is 46.3 Å². The predicted octanol–water partition coefficient (Wildman–Crippen LogP) is 4.60. The van der Waals surface area contributed by atoms with Crippen molar-refractivity contribution in [1.82, 2.24) is 0 Å². The first-order chi connectivity index (χ1) is 13.3. The van der Waals surface area contributed by atoms with Crippen molar-refractivity contribution in [3.8, 4) is 0 Å². The fourth-order valence-corrected chi connectivity index (χ4v) is 9.40. The minimum Gasteiger partial charge on any atom is -0.393 e. The number of aliphatic hydroxyl groups excluding tert-OH is 2. The van der Waals surface area contributed by atoms with Crippen LogP contribution in [0.4, 0.5) is 0 Å². The van der Waals surface area contributed by atoms with Crippen LogP contribution in [0, 0.1) is 52.3 Å². The molecular weight excluding hydrogens is 346 g/mol. The number of aliphatic hydroxyl groups is 2. The molecule has 3 unspecified atom stereocenters. The van der Waals surface area contributed by atoms with Crippen LogP contribution in [0.15, 0.2) is 0 Å². The second-order valence-corrected chi connectivity index (χ2v) is 11.7. The van der Waals surface area contributed by atoms with Crippen LogP contribution in [0.1, 0.15) is 85.5 Å². The lowest BCUT2D eigenvalue weighted by Gasteiger charge is -2.64. The van der Waals surface area contributed by atoms with E-state index in [1.165, 1.54) is 25.7 Å². The summed E-state index contributed by atoms with van der Waals surface area (Å²) in [5, 5.41) is 22.1. The maximum atomic E-state index is 11.7. The Morgan fingerprint density at radius 3 is 2.32 bits per heavy atom. The summed E-state index contributed by atoms with van der Waals surface area (Å²) in [5.41, 5.74) is 6.61. The fraction of sp³-hybridized carbons (Fsp3) is 1.00. The van der Waals surface area contributed by atoms with Gasteiger partial charge < -0.3 is 15.9 Å². The van der Waals surface area contributed by atoms with Crippen molar-refractivity contribution in [2.75, 3.05) is 6.54 Å². The van der Waals surface area contributed by atoms with Gasteiger partial charge in [0.1, 0.15) is 0 Å². The van der Waals surface area contributed by atoms with Gasteiger partial charge in [-0.15, -0.1) is 0 Å². The van der Waals surface area contributed by atoms with Crippen molar-refractivity contribution < 1.29 is 10.2 Å². The predicted molar refractivity (Wildman–Crippen MR) is 115 cm³/mol. The first-order valence-electron chi connectivity index (χ1n) is 12.3. The standard InChI is InChI=1S/C25H45NO2/c1-5-17-21-14-16(27)8-11-25(21,4)20-9-12-24(3)18(15(2)10-13-26)6-7-19(24)22(20)23(17)28/h15-23,27-28H,5-14,26H2,1-4H3/t15-,16-,17-,18-,19?,20?,21+,22?,23-,24-,25-/m1/s1. The summed E-state index contributed by atoms with van der Waals surface area (Å²) < 4.78 is 0. The van der Waals surface area contributed by atoms with Crippen LogP contribution >= 0.6 is 0 Å². The largest absolute Gasteiger partial charge is 0.393 e. The molecule has 11 atom stereocenters. The molecule has 0 saturated heterocycles. The monoisotopic (exact) mass is 391 g/mol. The Balaban J connectivity index is 1.67. The van der Waals surface area contributed by atoms with E-state index in [4.69, 9.17) is 5.73 Å². The Morgan fingerprint density at radius 1 is 0.964 bits per heavy atom. The number of rotatable bonds is 4. The lowest BCUT2D eigenvalue weighted by Crippen LogP contribution is -2.62. The van der Waals surface area contributed by atoms with Gasteiger partial charge in [0.2, 0.25) is 0 Å². The second-order valence-electron chi connectivity index (χ2n) is 11.7. The molecule has 3 heteroatoms. The normalized spacial score (nSPS) is 54.5. The van der Waals surface area contributed by atoms with Crippen molar-refractivity contribution in [1.29, 1.82) is 0 Å². The zero-order chi connectivity index (χ0) is 20.3. The fourth-order valence-electron chi connectivity index (χ4n) is 9.40. The van der Waals surface area contributed by atoms with E-state index in [9.17, 15) is 10.2 Å². The van der Waals surface area contributed by atoms with Crippen LogP contribution in [0.3, 0.4) is 0 Å². The van der Waals surface area contributed by atoms with Crippen LogP contribution in [0.2, 0.25) is 0 Å². The lowest BCUT2D eigenvalue weighted by molar-refractivity contribution is -0.203. The molecule has 3 nitrogen and oxygen atoms in total. The van der Waals surface area contributed by atoms with Crippen molar-refractivity contribution in [3.63, 3.8) is 0 Å². The molecule has 0 bridgehead atoms. The van der Waals surface area contributed by atoms with Gasteiger partial charge in [-0.2, -0.15) is 0 Å². The van der Waals surface area contributed by atoms with E-state index in [1.807, 2.05) is 0 Å². The van der Waals surface area contributed by atoms with Gasteiger partial charge in [0, 0.05) is 0 Å². The zero-order valence-electron chi connectivity index (χ0n) is 18.7. The van der Waals surface area contributed by atoms with Crippen LogP contribution in [-0.4, -0.2) is 29.0 Å². The third-order valence-corrected chi connectivity index (χ3v) is 10.8. The van der Waals surface area contributed by atoms with Crippen molar-refractivity contribution in [3.05, 3.63) is 0 Å². The SMILES string of the molecule is CC[C@H]1[C@@H](O)C2C3CC[C@H]([C@H](C)CCN)[C@@]3(C)CCC2[C@@]2(C)CC[C@@H](O)C[C@@H]12. The molecule has 0 aromatic rings. The summed E-state index contributed by atoms with van der Waals surface area (Å²) in [6, 6.07) is 0. The Bertz CT molecular complexity index is 567. The van der Waals surface area contributed by atoms with Crippen LogP contribution in [0.5, 0.6) is 0 Å². The number of hydrogen-bond donors (Lipinski definition) is 3. The van der Waals surface area contributed by atoms with Crippen LogP contribution in [-0.2, 0) is 0 Å². The highest BCUT2D eigenvalue weighted by Gasteiger charge is 2.64. The molecule has 4 rings (SSSR count). The van der Waals surface area contributed by atoms with Crippen molar-refractivity contribution in [2.24, 2.45) is 58.0 Å². The van der Waals surface area contributed by atoms with Crippen molar-refractivity contribution >= 4 is 0 Å². The first-order valence-corrected chi connectivity index (χ1v) is 12.3. The summed E-state index contributed by atoms with van der Waals surface area (Å²) in [6.07, 6.45) is 10.1. The van der Waals surface area contributed by atoms with Gasteiger partial charge in [-0.05, 0) is 110 Å². The number of fused-ring (bicyclic) bond motifs is 5.